The van der Waals surface area contributed by atoms with Crippen molar-refractivity contribution in [2.75, 3.05) is 5.32 Å². The molecule has 2 aromatic carbocycles. The topological polar surface area (TPSA) is 67.2 Å². The number of hydrogen-bond acceptors (Lipinski definition) is 3. The molecule has 0 aliphatic rings. The Morgan fingerprint density at radius 3 is 2.44 bits per heavy atom. The zero-order chi connectivity index (χ0) is 19.4. The Kier molecular flexibility index (Phi) is 5.16. The van der Waals surface area contributed by atoms with Crippen LogP contribution in [0, 0.1) is 6.92 Å². The molecule has 0 radical (unpaired) electrons. The van der Waals surface area contributed by atoms with E-state index in [1.54, 1.807) is 19.1 Å². The molecule has 0 saturated carbocycles. The number of carbonyl (C=O) groups excluding carboxylic acids is 1. The van der Waals surface area contributed by atoms with Gasteiger partial charge in [-0.05, 0) is 18.6 Å². The Bertz CT molecular complexity index is 937. The van der Waals surface area contributed by atoms with E-state index in [0.29, 0.717) is 17.1 Å². The van der Waals surface area contributed by atoms with Crippen LogP contribution in [-0.4, -0.2) is 11.2 Å². The summed E-state index contributed by atoms with van der Waals surface area (Å²) in [6.45, 7) is 1.36. The molecule has 3 aromatic rings. The predicted octanol–water partition coefficient (Wildman–Crippen LogP) is 4.99. The SMILES string of the molecule is Cc1onc(-c2ccccc2)c1NC(=O)NCc1ccccc1C(F)(F)F. The van der Waals surface area contributed by atoms with E-state index in [2.05, 4.69) is 15.8 Å². The number of aryl methyl sites for hydroxylation is 1. The molecular weight excluding hydrogens is 359 g/mol. The maximum Gasteiger partial charge on any atom is 0.416 e. The summed E-state index contributed by atoms with van der Waals surface area (Å²) in [4.78, 5) is 12.2. The Labute approximate surface area is 153 Å². The number of nitrogens with zero attached hydrogens (tertiary/aromatic N) is 1. The van der Waals surface area contributed by atoms with E-state index in [4.69, 9.17) is 4.52 Å². The van der Waals surface area contributed by atoms with Crippen LogP contribution in [0.4, 0.5) is 23.7 Å². The average Bonchev–Trinajstić information content (AvgIpc) is 3.01. The van der Waals surface area contributed by atoms with Crippen LogP contribution in [0.25, 0.3) is 11.3 Å². The number of amides is 2. The molecule has 2 amide bonds. The van der Waals surface area contributed by atoms with E-state index in [0.717, 1.165) is 11.6 Å². The highest BCUT2D eigenvalue weighted by atomic mass is 19.4. The molecule has 8 heteroatoms. The van der Waals surface area contributed by atoms with Gasteiger partial charge in [-0.15, -0.1) is 0 Å². The van der Waals surface area contributed by atoms with Crippen LogP contribution in [0.1, 0.15) is 16.9 Å². The lowest BCUT2D eigenvalue weighted by Crippen LogP contribution is -2.29. The summed E-state index contributed by atoms with van der Waals surface area (Å²) in [7, 11) is 0. The third-order valence-corrected chi connectivity index (χ3v) is 3.91. The van der Waals surface area contributed by atoms with Gasteiger partial charge in [0, 0.05) is 12.1 Å². The van der Waals surface area contributed by atoms with E-state index >= 15 is 0 Å². The van der Waals surface area contributed by atoms with Crippen LogP contribution in [0.5, 0.6) is 0 Å². The molecule has 3 rings (SSSR count). The molecule has 0 atom stereocenters. The minimum Gasteiger partial charge on any atom is -0.359 e. The van der Waals surface area contributed by atoms with Gasteiger partial charge in [0.05, 0.1) is 5.56 Å². The first-order valence-corrected chi connectivity index (χ1v) is 8.08. The predicted molar refractivity (Wildman–Crippen MR) is 94.0 cm³/mol. The van der Waals surface area contributed by atoms with Crippen molar-refractivity contribution in [1.29, 1.82) is 0 Å². The summed E-state index contributed by atoms with van der Waals surface area (Å²) in [5.41, 5.74) is 0.746. The van der Waals surface area contributed by atoms with Gasteiger partial charge in [-0.1, -0.05) is 53.7 Å². The van der Waals surface area contributed by atoms with Gasteiger partial charge in [-0.3, -0.25) is 0 Å². The van der Waals surface area contributed by atoms with E-state index in [9.17, 15) is 18.0 Å². The largest absolute Gasteiger partial charge is 0.416 e. The van der Waals surface area contributed by atoms with Crippen molar-refractivity contribution in [1.82, 2.24) is 10.5 Å². The van der Waals surface area contributed by atoms with Gasteiger partial charge in [0.15, 0.2) is 5.76 Å². The van der Waals surface area contributed by atoms with Crippen LogP contribution < -0.4 is 10.6 Å². The maximum atomic E-state index is 13.0. The number of carbonyl (C=O) groups is 1. The second-order valence-electron chi connectivity index (χ2n) is 5.79. The van der Waals surface area contributed by atoms with E-state index in [1.165, 1.54) is 18.2 Å². The summed E-state index contributed by atoms with van der Waals surface area (Å²) >= 11 is 0. The van der Waals surface area contributed by atoms with Gasteiger partial charge in [0.25, 0.3) is 0 Å². The number of urea groups is 1. The maximum absolute atomic E-state index is 13.0. The molecule has 0 aliphatic heterocycles. The van der Waals surface area contributed by atoms with Crippen molar-refractivity contribution in [3.8, 4) is 11.3 Å². The Balaban J connectivity index is 1.73. The zero-order valence-electron chi connectivity index (χ0n) is 14.3. The molecule has 0 fully saturated rings. The highest BCUT2D eigenvalue weighted by molar-refractivity contribution is 5.94. The molecule has 0 unspecified atom stereocenters. The molecule has 5 nitrogen and oxygen atoms in total. The number of anilines is 1. The van der Waals surface area contributed by atoms with Crippen molar-refractivity contribution in [2.24, 2.45) is 0 Å². The number of hydrogen-bond donors (Lipinski definition) is 2. The molecule has 1 heterocycles. The first-order valence-electron chi connectivity index (χ1n) is 8.08. The highest BCUT2D eigenvalue weighted by Crippen LogP contribution is 2.32. The summed E-state index contributed by atoms with van der Waals surface area (Å²) in [5, 5.41) is 8.97. The fourth-order valence-electron chi connectivity index (χ4n) is 2.60. The van der Waals surface area contributed by atoms with Crippen molar-refractivity contribution in [3.63, 3.8) is 0 Å². The van der Waals surface area contributed by atoms with Gasteiger partial charge in [0.2, 0.25) is 0 Å². The fraction of sp³-hybridized carbons (Fsp3) is 0.158. The Morgan fingerprint density at radius 2 is 1.74 bits per heavy atom. The summed E-state index contributed by atoms with van der Waals surface area (Å²) in [6, 6.07) is 13.5. The summed E-state index contributed by atoms with van der Waals surface area (Å²) < 4.78 is 44.2. The lowest BCUT2D eigenvalue weighted by molar-refractivity contribution is -0.138. The van der Waals surface area contributed by atoms with Crippen molar-refractivity contribution >= 4 is 11.7 Å². The third kappa shape index (κ3) is 4.28. The lowest BCUT2D eigenvalue weighted by atomic mass is 10.1. The Hall–Kier alpha value is -3.29. The smallest absolute Gasteiger partial charge is 0.359 e. The number of rotatable bonds is 4. The van der Waals surface area contributed by atoms with E-state index in [-0.39, 0.29) is 12.1 Å². The first kappa shape index (κ1) is 18.5. The van der Waals surface area contributed by atoms with Gasteiger partial charge >= 0.3 is 12.2 Å². The molecule has 2 N–H and O–H groups in total. The molecule has 27 heavy (non-hydrogen) atoms. The van der Waals surface area contributed by atoms with Crippen molar-refractivity contribution in [2.45, 2.75) is 19.6 Å². The van der Waals surface area contributed by atoms with Crippen molar-refractivity contribution in [3.05, 3.63) is 71.5 Å². The molecule has 0 spiro atoms. The van der Waals surface area contributed by atoms with Crippen LogP contribution in [0.15, 0.2) is 59.1 Å². The number of alkyl halides is 3. The second kappa shape index (κ2) is 7.53. The standard InChI is InChI=1S/C19H16F3N3O2/c1-12-16(17(25-27-12)13-7-3-2-4-8-13)24-18(26)23-11-14-9-5-6-10-15(14)19(20,21)22/h2-10H,11H2,1H3,(H2,23,24,26). The lowest BCUT2D eigenvalue weighted by Gasteiger charge is -2.13. The van der Waals surface area contributed by atoms with Crippen LogP contribution in [-0.2, 0) is 12.7 Å². The number of aromatic nitrogens is 1. The normalized spacial score (nSPS) is 11.3. The van der Waals surface area contributed by atoms with Crippen LogP contribution in [0.2, 0.25) is 0 Å². The van der Waals surface area contributed by atoms with Gasteiger partial charge in [-0.25, -0.2) is 4.79 Å². The third-order valence-electron chi connectivity index (χ3n) is 3.91. The minimum absolute atomic E-state index is 0.0227. The highest BCUT2D eigenvalue weighted by Gasteiger charge is 2.32. The molecule has 0 saturated heterocycles. The number of benzene rings is 2. The minimum atomic E-state index is -4.49. The van der Waals surface area contributed by atoms with Gasteiger partial charge in [0.1, 0.15) is 11.4 Å². The van der Waals surface area contributed by atoms with E-state index in [1.807, 2.05) is 18.2 Å². The van der Waals surface area contributed by atoms with Gasteiger partial charge in [-0.2, -0.15) is 13.2 Å². The molecule has 0 bridgehead atoms. The quantitative estimate of drug-likeness (QED) is 0.675. The van der Waals surface area contributed by atoms with Crippen LogP contribution >= 0.6 is 0 Å². The second-order valence-corrected chi connectivity index (χ2v) is 5.79. The van der Waals surface area contributed by atoms with Crippen molar-refractivity contribution < 1.29 is 22.5 Å². The fourth-order valence-corrected chi connectivity index (χ4v) is 2.60. The molecule has 140 valence electrons. The average molecular weight is 375 g/mol. The first-order chi connectivity index (χ1) is 12.9. The number of nitrogens with one attached hydrogen (secondary N) is 2. The Morgan fingerprint density at radius 1 is 1.07 bits per heavy atom. The molecular formula is C19H16F3N3O2. The zero-order valence-corrected chi connectivity index (χ0v) is 14.3. The van der Waals surface area contributed by atoms with Gasteiger partial charge < -0.3 is 15.2 Å². The summed E-state index contributed by atoms with van der Waals surface area (Å²) in [5.74, 6) is 0.389. The summed E-state index contributed by atoms with van der Waals surface area (Å²) in [6.07, 6.45) is -4.49. The molecule has 1 aromatic heterocycles. The van der Waals surface area contributed by atoms with E-state index < -0.39 is 17.8 Å². The molecule has 0 aliphatic carbocycles. The number of halogens is 3. The monoisotopic (exact) mass is 375 g/mol. The van der Waals surface area contributed by atoms with Crippen LogP contribution in [0.3, 0.4) is 0 Å².